The van der Waals surface area contributed by atoms with Gasteiger partial charge in [-0.05, 0) is 48.0 Å². The monoisotopic (exact) mass is 473 g/mol. The molecule has 1 heterocycles. The van der Waals surface area contributed by atoms with Crippen LogP contribution < -0.4 is 29.3 Å². The maximum atomic E-state index is 13.6. The quantitative estimate of drug-likeness (QED) is 0.303. The Morgan fingerprint density at radius 2 is 1.71 bits per heavy atom. The van der Waals surface area contributed by atoms with Gasteiger partial charge in [-0.1, -0.05) is 24.3 Å². The lowest BCUT2D eigenvalue weighted by Gasteiger charge is -2.19. The summed E-state index contributed by atoms with van der Waals surface area (Å²) in [5, 5.41) is 7.66. The van der Waals surface area contributed by atoms with E-state index in [0.29, 0.717) is 39.8 Å². The van der Waals surface area contributed by atoms with Crippen molar-refractivity contribution in [3.05, 3.63) is 83.6 Å². The van der Waals surface area contributed by atoms with Crippen molar-refractivity contribution in [2.75, 3.05) is 26.0 Å². The van der Waals surface area contributed by atoms with Gasteiger partial charge in [-0.25, -0.2) is 0 Å². The molecule has 1 aliphatic heterocycles. The molecule has 0 aromatic heterocycles. The van der Waals surface area contributed by atoms with Crippen molar-refractivity contribution in [2.24, 2.45) is 5.10 Å². The summed E-state index contributed by atoms with van der Waals surface area (Å²) in [6, 6.07) is 18.6. The SMILES string of the molecule is C=NN(C(=O)/C(=C/c1ccc(OC)c(OC)c1)NC(=O)c1ccccc1)c1ccc2c(c1)OCO2. The van der Waals surface area contributed by atoms with E-state index in [1.165, 1.54) is 20.3 Å². The highest BCUT2D eigenvalue weighted by atomic mass is 16.7. The first-order chi connectivity index (χ1) is 17.0. The maximum Gasteiger partial charge on any atom is 0.295 e. The van der Waals surface area contributed by atoms with Gasteiger partial charge in [0.25, 0.3) is 11.8 Å². The van der Waals surface area contributed by atoms with Gasteiger partial charge < -0.3 is 24.3 Å². The molecular formula is C26H23N3O6. The summed E-state index contributed by atoms with van der Waals surface area (Å²) in [7, 11) is 3.04. The second-order valence-electron chi connectivity index (χ2n) is 7.29. The standard InChI is InChI=1S/C26H23N3O6/c1-27-29(19-10-12-22-24(15-19)35-16-34-22)26(31)20(28-25(30)18-7-5-4-6-8-18)13-17-9-11-21(32-2)23(14-17)33-3/h4-15H,1,16H2,2-3H3,(H,28,30)/b20-13-. The first kappa shape index (κ1) is 23.4. The van der Waals surface area contributed by atoms with Crippen LogP contribution in [0.1, 0.15) is 15.9 Å². The number of hydrogen-bond donors (Lipinski definition) is 1. The average Bonchev–Trinajstić information content (AvgIpc) is 3.37. The molecule has 35 heavy (non-hydrogen) atoms. The Labute approximate surface area is 202 Å². The Morgan fingerprint density at radius 1 is 0.971 bits per heavy atom. The minimum Gasteiger partial charge on any atom is -0.493 e. The first-order valence-corrected chi connectivity index (χ1v) is 10.5. The summed E-state index contributed by atoms with van der Waals surface area (Å²) in [5.74, 6) is 0.960. The number of fused-ring (bicyclic) bond motifs is 1. The van der Waals surface area contributed by atoms with Crippen LogP contribution >= 0.6 is 0 Å². The number of methoxy groups -OCH3 is 2. The number of hydrogen-bond acceptors (Lipinski definition) is 7. The van der Waals surface area contributed by atoms with Crippen molar-refractivity contribution in [3.63, 3.8) is 0 Å². The highest BCUT2D eigenvalue weighted by molar-refractivity contribution is 6.11. The van der Waals surface area contributed by atoms with Crippen LogP contribution in [0.2, 0.25) is 0 Å². The molecule has 2 amide bonds. The van der Waals surface area contributed by atoms with E-state index in [-0.39, 0.29) is 12.5 Å². The molecule has 9 heteroatoms. The molecule has 4 rings (SSSR count). The smallest absolute Gasteiger partial charge is 0.295 e. The van der Waals surface area contributed by atoms with Crippen molar-refractivity contribution in [1.29, 1.82) is 0 Å². The Kier molecular flexibility index (Phi) is 6.96. The highest BCUT2D eigenvalue weighted by Gasteiger charge is 2.24. The molecule has 9 nitrogen and oxygen atoms in total. The summed E-state index contributed by atoms with van der Waals surface area (Å²) < 4.78 is 21.4. The van der Waals surface area contributed by atoms with Gasteiger partial charge in [-0.2, -0.15) is 10.1 Å². The second-order valence-corrected chi connectivity index (χ2v) is 7.29. The molecule has 0 unspecified atom stereocenters. The van der Waals surface area contributed by atoms with Crippen molar-refractivity contribution in [2.45, 2.75) is 0 Å². The van der Waals surface area contributed by atoms with Gasteiger partial charge in [0.05, 0.1) is 19.9 Å². The van der Waals surface area contributed by atoms with Crippen molar-refractivity contribution < 1.29 is 28.5 Å². The number of anilines is 1. The zero-order chi connectivity index (χ0) is 24.8. The Balaban J connectivity index is 1.72. The van der Waals surface area contributed by atoms with E-state index in [2.05, 4.69) is 17.1 Å². The summed E-state index contributed by atoms with van der Waals surface area (Å²) in [5.41, 5.74) is 1.34. The lowest BCUT2D eigenvalue weighted by Crippen LogP contribution is -2.35. The molecule has 0 spiro atoms. The van der Waals surface area contributed by atoms with Gasteiger partial charge in [0, 0.05) is 18.3 Å². The molecule has 178 valence electrons. The molecule has 0 saturated carbocycles. The number of amides is 2. The van der Waals surface area contributed by atoms with Gasteiger partial charge in [0.1, 0.15) is 5.70 Å². The van der Waals surface area contributed by atoms with E-state index in [1.807, 2.05) is 0 Å². The van der Waals surface area contributed by atoms with Crippen LogP contribution in [0.4, 0.5) is 5.69 Å². The Morgan fingerprint density at radius 3 is 2.43 bits per heavy atom. The van der Waals surface area contributed by atoms with E-state index in [9.17, 15) is 9.59 Å². The van der Waals surface area contributed by atoms with Crippen LogP contribution in [-0.2, 0) is 4.79 Å². The molecule has 0 atom stereocenters. The molecule has 0 saturated heterocycles. The summed E-state index contributed by atoms with van der Waals surface area (Å²) >= 11 is 0. The van der Waals surface area contributed by atoms with Crippen LogP contribution in [0.3, 0.4) is 0 Å². The third kappa shape index (κ3) is 5.09. The topological polar surface area (TPSA) is 98.7 Å². The predicted molar refractivity (Wildman–Crippen MR) is 131 cm³/mol. The second kappa shape index (κ2) is 10.4. The van der Waals surface area contributed by atoms with Gasteiger partial charge >= 0.3 is 0 Å². The number of carbonyl (C=O) groups is 2. The highest BCUT2D eigenvalue weighted by Crippen LogP contribution is 2.36. The minimum absolute atomic E-state index is 0.0314. The van der Waals surface area contributed by atoms with Crippen LogP contribution in [0, 0.1) is 0 Å². The lowest BCUT2D eigenvalue weighted by atomic mass is 10.1. The van der Waals surface area contributed by atoms with Gasteiger partial charge in [0.15, 0.2) is 23.0 Å². The minimum atomic E-state index is -0.613. The average molecular weight is 473 g/mol. The molecule has 0 bridgehead atoms. The fourth-order valence-electron chi connectivity index (χ4n) is 3.44. The van der Waals surface area contributed by atoms with Gasteiger partial charge in [-0.3, -0.25) is 9.59 Å². The van der Waals surface area contributed by atoms with E-state index < -0.39 is 11.8 Å². The van der Waals surface area contributed by atoms with Crippen molar-refractivity contribution in [1.82, 2.24) is 5.32 Å². The normalized spacial score (nSPS) is 12.0. The number of hydrazone groups is 1. The summed E-state index contributed by atoms with van der Waals surface area (Å²) in [6.45, 7) is 3.62. The number of ether oxygens (including phenoxy) is 4. The first-order valence-electron chi connectivity index (χ1n) is 10.5. The third-order valence-corrected chi connectivity index (χ3v) is 5.17. The molecule has 0 radical (unpaired) electrons. The fraction of sp³-hybridized carbons (Fsp3) is 0.115. The molecule has 1 aliphatic rings. The zero-order valence-corrected chi connectivity index (χ0v) is 19.2. The lowest BCUT2D eigenvalue weighted by molar-refractivity contribution is -0.115. The molecule has 1 N–H and O–H groups in total. The van der Waals surface area contributed by atoms with Crippen LogP contribution in [0.25, 0.3) is 6.08 Å². The van der Waals surface area contributed by atoms with E-state index in [4.69, 9.17) is 18.9 Å². The van der Waals surface area contributed by atoms with Crippen LogP contribution in [-0.4, -0.2) is 39.5 Å². The predicted octanol–water partition coefficient (Wildman–Crippen LogP) is 3.85. The molecule has 3 aromatic carbocycles. The van der Waals surface area contributed by atoms with Crippen molar-refractivity contribution >= 4 is 30.3 Å². The summed E-state index contributed by atoms with van der Waals surface area (Å²) in [4.78, 5) is 26.5. The van der Waals surface area contributed by atoms with Gasteiger partial charge in [0.2, 0.25) is 6.79 Å². The Bertz CT molecular complexity index is 1290. The van der Waals surface area contributed by atoms with Crippen molar-refractivity contribution in [3.8, 4) is 23.0 Å². The number of carbonyl (C=O) groups excluding carboxylic acids is 2. The largest absolute Gasteiger partial charge is 0.493 e. The zero-order valence-electron chi connectivity index (χ0n) is 19.2. The number of nitrogens with one attached hydrogen (secondary N) is 1. The van der Waals surface area contributed by atoms with E-state index >= 15 is 0 Å². The van der Waals surface area contributed by atoms with Gasteiger partial charge in [-0.15, -0.1) is 0 Å². The Hall–Kier alpha value is -4.79. The molecule has 3 aromatic rings. The molecule has 0 fully saturated rings. The number of nitrogens with zero attached hydrogens (tertiary/aromatic N) is 2. The third-order valence-electron chi connectivity index (χ3n) is 5.17. The summed E-state index contributed by atoms with van der Waals surface area (Å²) in [6.07, 6.45) is 1.52. The van der Waals surface area contributed by atoms with Crippen LogP contribution in [0.15, 0.2) is 77.5 Å². The number of rotatable bonds is 8. The number of benzene rings is 3. The van der Waals surface area contributed by atoms with E-state index in [0.717, 1.165) is 5.01 Å². The fourth-order valence-corrected chi connectivity index (χ4v) is 3.44. The molecular weight excluding hydrogens is 450 g/mol. The van der Waals surface area contributed by atoms with Crippen LogP contribution in [0.5, 0.6) is 23.0 Å². The maximum absolute atomic E-state index is 13.6. The molecule has 0 aliphatic carbocycles. The van der Waals surface area contributed by atoms with E-state index in [1.54, 1.807) is 66.7 Å².